The van der Waals surface area contributed by atoms with Gasteiger partial charge in [-0.2, -0.15) is 9.78 Å². The highest BCUT2D eigenvalue weighted by atomic mass is 79.9. The van der Waals surface area contributed by atoms with Crippen molar-refractivity contribution in [3.63, 3.8) is 0 Å². The number of nitrogens with zero attached hydrogens (tertiary/aromatic N) is 4. The third-order valence-corrected chi connectivity index (χ3v) is 6.69. The summed E-state index contributed by atoms with van der Waals surface area (Å²) < 4.78 is 9.13. The number of hydrogen-bond acceptors (Lipinski definition) is 5. The summed E-state index contributed by atoms with van der Waals surface area (Å²) in [5.41, 5.74) is 4.54. The van der Waals surface area contributed by atoms with Gasteiger partial charge in [-0.15, -0.1) is 0 Å². The summed E-state index contributed by atoms with van der Waals surface area (Å²) in [7, 11) is 1.37. The van der Waals surface area contributed by atoms with Gasteiger partial charge in [-0.05, 0) is 62.7 Å². The highest BCUT2D eigenvalue weighted by molar-refractivity contribution is 9.10. The molecule has 8 heteroatoms. The Hall–Kier alpha value is -3.52. The molecule has 0 radical (unpaired) electrons. The van der Waals surface area contributed by atoms with E-state index in [2.05, 4.69) is 28.0 Å². The molecule has 0 fully saturated rings. The van der Waals surface area contributed by atoms with Crippen LogP contribution in [0.4, 0.5) is 0 Å². The predicted molar refractivity (Wildman–Crippen MR) is 142 cm³/mol. The van der Waals surface area contributed by atoms with Gasteiger partial charge in [-0.25, -0.2) is 9.78 Å². The third-order valence-electron chi connectivity index (χ3n) is 6.19. The van der Waals surface area contributed by atoms with E-state index in [1.165, 1.54) is 11.8 Å². The number of aromatic nitrogens is 3. The normalized spacial score (nSPS) is 12.4. The van der Waals surface area contributed by atoms with E-state index in [1.807, 2.05) is 55.7 Å². The van der Waals surface area contributed by atoms with Crippen molar-refractivity contribution in [1.29, 1.82) is 0 Å². The Kier molecular flexibility index (Phi) is 7.03. The first-order valence-electron chi connectivity index (χ1n) is 11.4. The average molecular weight is 535 g/mol. The molecule has 2 aromatic carbocycles. The first kappa shape index (κ1) is 24.6. The Morgan fingerprint density at radius 3 is 2.69 bits per heavy atom. The summed E-state index contributed by atoms with van der Waals surface area (Å²) in [6, 6.07) is 14.8. The molecule has 7 nitrogen and oxygen atoms in total. The van der Waals surface area contributed by atoms with Crippen molar-refractivity contribution in [2.45, 2.75) is 40.0 Å². The Morgan fingerprint density at radius 1 is 1.20 bits per heavy atom. The SMILES string of the molecule is CC[C@H](C)c1nc2ccc(Br)cc2c(=O)n1N=Cc1cc(C)n(-c2cccc(C(=O)OC)c2)c1C. The molecule has 0 saturated carbocycles. The highest BCUT2D eigenvalue weighted by Crippen LogP contribution is 2.23. The van der Waals surface area contributed by atoms with Crippen molar-refractivity contribution >= 4 is 39.0 Å². The minimum Gasteiger partial charge on any atom is -0.465 e. The molecule has 1 atom stereocenters. The van der Waals surface area contributed by atoms with Crippen molar-refractivity contribution in [3.8, 4) is 5.69 Å². The number of rotatable bonds is 6. The van der Waals surface area contributed by atoms with Gasteiger partial charge in [0.1, 0.15) is 5.82 Å². The van der Waals surface area contributed by atoms with Crippen LogP contribution in [-0.2, 0) is 4.74 Å². The van der Waals surface area contributed by atoms with Crippen LogP contribution in [0.1, 0.15) is 59.3 Å². The minimum absolute atomic E-state index is 0.0568. The maximum Gasteiger partial charge on any atom is 0.337 e. The van der Waals surface area contributed by atoms with Crippen molar-refractivity contribution in [1.82, 2.24) is 14.2 Å². The van der Waals surface area contributed by atoms with Crippen LogP contribution in [0.25, 0.3) is 16.6 Å². The Labute approximate surface area is 212 Å². The number of methoxy groups -OCH3 is 1. The topological polar surface area (TPSA) is 78.5 Å². The Balaban J connectivity index is 1.82. The Morgan fingerprint density at radius 2 is 1.97 bits per heavy atom. The molecule has 0 saturated heterocycles. The van der Waals surface area contributed by atoms with Crippen molar-refractivity contribution in [3.05, 3.63) is 91.7 Å². The lowest BCUT2D eigenvalue weighted by atomic mass is 10.1. The standard InChI is InChI=1S/C27H27BrN4O3/c1-6-16(2)25-30-24-11-10-21(28)14-23(24)26(33)32(25)29-15-20-12-17(3)31(18(20)4)22-9-7-8-19(13-22)27(34)35-5/h7-16H,6H2,1-5H3/t16-/m0/s1. The van der Waals surface area contributed by atoms with Gasteiger partial charge >= 0.3 is 5.97 Å². The van der Waals surface area contributed by atoms with Crippen molar-refractivity contribution in [2.24, 2.45) is 5.10 Å². The van der Waals surface area contributed by atoms with E-state index in [1.54, 1.807) is 24.4 Å². The van der Waals surface area contributed by atoms with E-state index in [0.717, 1.165) is 33.5 Å². The fourth-order valence-electron chi connectivity index (χ4n) is 4.10. The average Bonchev–Trinajstić information content (AvgIpc) is 3.15. The zero-order chi connectivity index (χ0) is 25.3. The number of benzene rings is 2. The number of esters is 1. The first-order valence-corrected chi connectivity index (χ1v) is 12.2. The van der Waals surface area contributed by atoms with Gasteiger partial charge in [0.2, 0.25) is 0 Å². The monoisotopic (exact) mass is 534 g/mol. The van der Waals surface area contributed by atoms with Crippen LogP contribution in [0.2, 0.25) is 0 Å². The lowest BCUT2D eigenvalue weighted by Gasteiger charge is -2.14. The second-order valence-electron chi connectivity index (χ2n) is 8.51. The maximum atomic E-state index is 13.4. The van der Waals surface area contributed by atoms with Gasteiger partial charge in [-0.1, -0.05) is 35.8 Å². The van der Waals surface area contributed by atoms with E-state index in [4.69, 9.17) is 9.72 Å². The summed E-state index contributed by atoms with van der Waals surface area (Å²) in [6.07, 6.45) is 2.52. The fraction of sp³-hybridized carbons (Fsp3) is 0.259. The molecule has 0 amide bonds. The summed E-state index contributed by atoms with van der Waals surface area (Å²) >= 11 is 3.44. The number of ether oxygens (including phenoxy) is 1. The van der Waals surface area contributed by atoms with E-state index in [9.17, 15) is 9.59 Å². The van der Waals surface area contributed by atoms with Crippen LogP contribution in [0.15, 0.2) is 62.9 Å². The molecule has 2 aromatic heterocycles. The lowest BCUT2D eigenvalue weighted by Crippen LogP contribution is -2.23. The van der Waals surface area contributed by atoms with Gasteiger partial charge in [0, 0.05) is 33.0 Å². The number of carbonyl (C=O) groups excluding carboxylic acids is 1. The van der Waals surface area contributed by atoms with E-state index in [0.29, 0.717) is 22.3 Å². The van der Waals surface area contributed by atoms with Gasteiger partial charge in [0.05, 0.1) is 29.8 Å². The van der Waals surface area contributed by atoms with Crippen LogP contribution in [0.3, 0.4) is 0 Å². The molecule has 0 aliphatic heterocycles. The number of hydrogen-bond donors (Lipinski definition) is 0. The number of halogens is 1. The van der Waals surface area contributed by atoms with Gasteiger partial charge < -0.3 is 9.30 Å². The molecular formula is C27H27BrN4O3. The highest BCUT2D eigenvalue weighted by Gasteiger charge is 2.17. The summed E-state index contributed by atoms with van der Waals surface area (Å²) in [5.74, 6) is 0.299. The molecule has 35 heavy (non-hydrogen) atoms. The molecule has 4 rings (SSSR count). The zero-order valence-corrected chi connectivity index (χ0v) is 22.0. The predicted octanol–water partition coefficient (Wildman–Crippen LogP) is 5.75. The van der Waals surface area contributed by atoms with Crippen LogP contribution in [-0.4, -0.2) is 33.5 Å². The fourth-order valence-corrected chi connectivity index (χ4v) is 4.47. The van der Waals surface area contributed by atoms with E-state index >= 15 is 0 Å². The second-order valence-corrected chi connectivity index (χ2v) is 9.42. The quantitative estimate of drug-likeness (QED) is 0.233. The van der Waals surface area contributed by atoms with Gasteiger partial charge in [0.15, 0.2) is 0 Å². The number of fused-ring (bicyclic) bond motifs is 1. The zero-order valence-electron chi connectivity index (χ0n) is 20.4. The van der Waals surface area contributed by atoms with Crippen LogP contribution in [0.5, 0.6) is 0 Å². The molecule has 0 bridgehead atoms. The molecule has 180 valence electrons. The third kappa shape index (κ3) is 4.71. The Bertz CT molecular complexity index is 1520. The summed E-state index contributed by atoms with van der Waals surface area (Å²) in [4.78, 5) is 30.2. The number of aryl methyl sites for hydroxylation is 1. The summed E-state index contributed by atoms with van der Waals surface area (Å²) in [6.45, 7) is 8.07. The molecular weight excluding hydrogens is 508 g/mol. The smallest absolute Gasteiger partial charge is 0.337 e. The number of carbonyl (C=O) groups is 1. The van der Waals surface area contributed by atoms with E-state index < -0.39 is 0 Å². The maximum absolute atomic E-state index is 13.4. The molecule has 0 spiro atoms. The van der Waals surface area contributed by atoms with Gasteiger partial charge in [0.25, 0.3) is 5.56 Å². The largest absolute Gasteiger partial charge is 0.465 e. The minimum atomic E-state index is -0.386. The molecule has 0 N–H and O–H groups in total. The van der Waals surface area contributed by atoms with Crippen LogP contribution >= 0.6 is 15.9 Å². The lowest BCUT2D eigenvalue weighted by molar-refractivity contribution is 0.0600. The van der Waals surface area contributed by atoms with Crippen molar-refractivity contribution < 1.29 is 9.53 Å². The molecule has 0 aliphatic rings. The second kappa shape index (κ2) is 10.00. The molecule has 2 heterocycles. The summed E-state index contributed by atoms with van der Waals surface area (Å²) in [5, 5.41) is 5.11. The van der Waals surface area contributed by atoms with Crippen LogP contribution < -0.4 is 5.56 Å². The van der Waals surface area contributed by atoms with Crippen molar-refractivity contribution in [2.75, 3.05) is 7.11 Å². The van der Waals surface area contributed by atoms with Crippen LogP contribution in [0, 0.1) is 13.8 Å². The van der Waals surface area contributed by atoms with E-state index in [-0.39, 0.29) is 17.4 Å². The first-order chi connectivity index (χ1) is 16.7. The molecule has 4 aromatic rings. The van der Waals surface area contributed by atoms with Gasteiger partial charge in [-0.3, -0.25) is 4.79 Å². The molecule has 0 aliphatic carbocycles. The molecule has 0 unspecified atom stereocenters.